The van der Waals surface area contributed by atoms with Crippen molar-refractivity contribution in [3.8, 4) is 5.69 Å². The first kappa shape index (κ1) is 22.3. The number of hydrogen-bond donors (Lipinski definition) is 1. The number of para-hydroxylation sites is 1. The van der Waals surface area contributed by atoms with E-state index in [-0.39, 0.29) is 11.8 Å². The number of aromatic nitrogens is 2. The highest BCUT2D eigenvalue weighted by Gasteiger charge is 2.35. The minimum Gasteiger partial charge on any atom is -0.351 e. The van der Waals surface area contributed by atoms with Gasteiger partial charge in [0.25, 0.3) is 5.91 Å². The Balaban J connectivity index is 1.19. The van der Waals surface area contributed by atoms with E-state index in [2.05, 4.69) is 34.4 Å². The number of piperazine rings is 1. The summed E-state index contributed by atoms with van der Waals surface area (Å²) in [6, 6.07) is 18.1. The number of amides is 2. The van der Waals surface area contributed by atoms with E-state index in [1.54, 1.807) is 6.20 Å². The molecule has 2 aliphatic rings. The van der Waals surface area contributed by atoms with Crippen LogP contribution in [0, 0.1) is 6.92 Å². The predicted octanol–water partition coefficient (Wildman–Crippen LogP) is 3.13. The van der Waals surface area contributed by atoms with Gasteiger partial charge in [-0.1, -0.05) is 48.5 Å². The Morgan fingerprint density at radius 3 is 2.38 bits per heavy atom. The molecule has 0 bridgehead atoms. The highest BCUT2D eigenvalue weighted by Crippen LogP contribution is 2.43. The summed E-state index contributed by atoms with van der Waals surface area (Å²) < 4.78 is 1.97. The molecule has 1 saturated heterocycles. The highest BCUT2D eigenvalue weighted by molar-refractivity contribution is 5.95. The van der Waals surface area contributed by atoms with Crippen molar-refractivity contribution in [1.82, 2.24) is 24.9 Å². The quantitative estimate of drug-likeness (QED) is 0.592. The Kier molecular flexibility index (Phi) is 6.45. The molecule has 1 saturated carbocycles. The molecule has 176 valence electrons. The average molecular weight is 458 g/mol. The molecular weight excluding hydrogens is 426 g/mol. The fourth-order valence-corrected chi connectivity index (χ4v) is 4.60. The molecule has 2 aromatic carbocycles. The number of aryl methyl sites for hydroxylation is 1. The number of nitrogens with zero attached hydrogens (tertiary/aromatic N) is 4. The van der Waals surface area contributed by atoms with E-state index in [1.807, 2.05) is 52.0 Å². The van der Waals surface area contributed by atoms with Crippen LogP contribution in [0.15, 0.2) is 60.8 Å². The third-order valence-corrected chi connectivity index (χ3v) is 6.70. The van der Waals surface area contributed by atoms with Crippen molar-refractivity contribution in [3.05, 3.63) is 83.2 Å². The van der Waals surface area contributed by atoms with E-state index < -0.39 is 0 Å². The topological polar surface area (TPSA) is 70.5 Å². The van der Waals surface area contributed by atoms with Gasteiger partial charge in [0.2, 0.25) is 5.91 Å². The van der Waals surface area contributed by atoms with E-state index >= 15 is 0 Å². The summed E-state index contributed by atoms with van der Waals surface area (Å²) in [4.78, 5) is 29.8. The van der Waals surface area contributed by atoms with E-state index in [0.29, 0.717) is 45.2 Å². The molecule has 34 heavy (non-hydrogen) atoms. The monoisotopic (exact) mass is 457 g/mol. The molecule has 0 spiro atoms. The van der Waals surface area contributed by atoms with Crippen molar-refractivity contribution in [2.24, 2.45) is 0 Å². The first-order chi connectivity index (χ1) is 16.6. The Hall–Kier alpha value is -3.45. The van der Waals surface area contributed by atoms with Crippen LogP contribution in [0.3, 0.4) is 0 Å². The molecule has 1 aliphatic heterocycles. The van der Waals surface area contributed by atoms with E-state index in [0.717, 1.165) is 40.9 Å². The first-order valence-corrected chi connectivity index (χ1v) is 12.1. The zero-order valence-corrected chi connectivity index (χ0v) is 19.6. The summed E-state index contributed by atoms with van der Waals surface area (Å²) in [6.07, 6.45) is 3.94. The van der Waals surface area contributed by atoms with Crippen molar-refractivity contribution in [2.75, 3.05) is 32.7 Å². The van der Waals surface area contributed by atoms with Gasteiger partial charge in [0.05, 0.1) is 29.7 Å². The fraction of sp³-hybridized carbons (Fsp3) is 0.370. The van der Waals surface area contributed by atoms with Gasteiger partial charge in [0.15, 0.2) is 0 Å². The van der Waals surface area contributed by atoms with Crippen LogP contribution in [-0.4, -0.2) is 64.1 Å². The molecule has 5 rings (SSSR count). The third kappa shape index (κ3) is 4.89. The number of benzene rings is 2. The second-order valence-corrected chi connectivity index (χ2v) is 9.25. The maximum Gasteiger partial charge on any atom is 0.257 e. The predicted molar refractivity (Wildman–Crippen MR) is 131 cm³/mol. The Labute approximate surface area is 200 Å². The molecular formula is C27H31N5O2. The van der Waals surface area contributed by atoms with E-state index in [9.17, 15) is 9.59 Å². The number of carbonyl (C=O) groups excluding carboxylic acids is 2. The van der Waals surface area contributed by atoms with E-state index in [4.69, 9.17) is 0 Å². The van der Waals surface area contributed by atoms with Gasteiger partial charge < -0.3 is 10.2 Å². The lowest BCUT2D eigenvalue weighted by Crippen LogP contribution is -2.51. The minimum atomic E-state index is 0.0131. The standard InChI is InChI=1S/C27H31N5O2/c1-20-7-5-6-10-24(20)32-26(22-11-12-22)23(18-29-32)27(34)31-15-13-30(14-16-31)19-25(33)28-17-21-8-3-2-4-9-21/h2-10,18,22H,11-17,19H2,1H3,(H,28,33). The van der Waals surface area contributed by atoms with Crippen LogP contribution in [0.5, 0.6) is 0 Å². The summed E-state index contributed by atoms with van der Waals surface area (Å²) in [7, 11) is 0. The number of rotatable bonds is 7. The van der Waals surface area contributed by atoms with Crippen molar-refractivity contribution in [3.63, 3.8) is 0 Å². The summed E-state index contributed by atoms with van der Waals surface area (Å²) in [6.45, 7) is 5.57. The smallest absolute Gasteiger partial charge is 0.257 e. The van der Waals surface area contributed by atoms with Crippen LogP contribution in [0.25, 0.3) is 5.69 Å². The summed E-state index contributed by atoms with van der Waals surface area (Å²) in [5, 5.41) is 7.61. The lowest BCUT2D eigenvalue weighted by atomic mass is 10.1. The molecule has 0 radical (unpaired) electrons. The lowest BCUT2D eigenvalue weighted by Gasteiger charge is -2.34. The van der Waals surface area contributed by atoms with Crippen LogP contribution in [0.2, 0.25) is 0 Å². The number of hydrogen-bond acceptors (Lipinski definition) is 4. The molecule has 1 N–H and O–H groups in total. The van der Waals surface area contributed by atoms with Gasteiger partial charge in [-0.2, -0.15) is 5.10 Å². The molecule has 2 amide bonds. The number of carbonyl (C=O) groups is 2. The van der Waals surface area contributed by atoms with Crippen molar-refractivity contribution < 1.29 is 9.59 Å². The molecule has 7 nitrogen and oxygen atoms in total. The molecule has 0 atom stereocenters. The van der Waals surface area contributed by atoms with Gasteiger partial charge in [-0.25, -0.2) is 4.68 Å². The zero-order chi connectivity index (χ0) is 23.5. The van der Waals surface area contributed by atoms with Crippen LogP contribution in [0.1, 0.15) is 45.9 Å². The van der Waals surface area contributed by atoms with Gasteiger partial charge >= 0.3 is 0 Å². The normalized spacial score (nSPS) is 16.4. The molecule has 1 aromatic heterocycles. The molecule has 1 aliphatic carbocycles. The Bertz CT molecular complexity index is 1160. The Morgan fingerprint density at radius 1 is 0.971 bits per heavy atom. The van der Waals surface area contributed by atoms with Crippen LogP contribution >= 0.6 is 0 Å². The average Bonchev–Trinajstić information content (AvgIpc) is 3.62. The van der Waals surface area contributed by atoms with Crippen LogP contribution in [0.4, 0.5) is 0 Å². The SMILES string of the molecule is Cc1ccccc1-n1ncc(C(=O)N2CCN(CC(=O)NCc3ccccc3)CC2)c1C1CC1. The molecule has 0 unspecified atom stereocenters. The maximum absolute atomic E-state index is 13.4. The fourth-order valence-electron chi connectivity index (χ4n) is 4.60. The zero-order valence-electron chi connectivity index (χ0n) is 19.6. The molecule has 2 fully saturated rings. The number of nitrogens with one attached hydrogen (secondary N) is 1. The second kappa shape index (κ2) is 9.81. The van der Waals surface area contributed by atoms with Crippen molar-refractivity contribution in [1.29, 1.82) is 0 Å². The Morgan fingerprint density at radius 2 is 1.68 bits per heavy atom. The summed E-state index contributed by atoms with van der Waals surface area (Å²) in [5.41, 5.74) is 5.03. The molecule has 3 aromatic rings. The molecule has 2 heterocycles. The van der Waals surface area contributed by atoms with Crippen molar-refractivity contribution >= 4 is 11.8 Å². The third-order valence-electron chi connectivity index (χ3n) is 6.70. The lowest BCUT2D eigenvalue weighted by molar-refractivity contribution is -0.122. The van der Waals surface area contributed by atoms with Gasteiger partial charge in [0.1, 0.15) is 0 Å². The van der Waals surface area contributed by atoms with Gasteiger partial charge in [-0.15, -0.1) is 0 Å². The first-order valence-electron chi connectivity index (χ1n) is 12.1. The summed E-state index contributed by atoms with van der Waals surface area (Å²) in [5.74, 6) is 0.463. The molecule has 7 heteroatoms. The van der Waals surface area contributed by atoms with Gasteiger partial charge in [-0.05, 0) is 37.0 Å². The van der Waals surface area contributed by atoms with Crippen LogP contribution < -0.4 is 5.32 Å². The minimum absolute atomic E-state index is 0.0131. The van der Waals surface area contributed by atoms with Gasteiger partial charge in [-0.3, -0.25) is 14.5 Å². The van der Waals surface area contributed by atoms with E-state index in [1.165, 1.54) is 0 Å². The highest BCUT2D eigenvalue weighted by atomic mass is 16.2. The largest absolute Gasteiger partial charge is 0.351 e. The maximum atomic E-state index is 13.4. The van der Waals surface area contributed by atoms with Gasteiger partial charge in [0, 0.05) is 38.6 Å². The summed E-state index contributed by atoms with van der Waals surface area (Å²) >= 11 is 0. The van der Waals surface area contributed by atoms with Crippen LogP contribution in [-0.2, 0) is 11.3 Å². The second-order valence-electron chi connectivity index (χ2n) is 9.25. The van der Waals surface area contributed by atoms with Crippen molar-refractivity contribution in [2.45, 2.75) is 32.2 Å².